The van der Waals surface area contributed by atoms with Gasteiger partial charge in [0.25, 0.3) is 0 Å². The van der Waals surface area contributed by atoms with E-state index in [1.54, 1.807) is 0 Å². The van der Waals surface area contributed by atoms with Crippen molar-refractivity contribution in [3.63, 3.8) is 0 Å². The van der Waals surface area contributed by atoms with Crippen molar-refractivity contribution in [3.05, 3.63) is 102 Å². The number of carbonyl (C=O) groups excluding carboxylic acids is 1. The number of pyridine rings is 1. The van der Waals surface area contributed by atoms with E-state index in [2.05, 4.69) is 78.6 Å². The van der Waals surface area contributed by atoms with Crippen LogP contribution < -0.4 is 20.4 Å². The van der Waals surface area contributed by atoms with Crippen LogP contribution in [0.25, 0.3) is 5.69 Å². The molecular formula is C31H34N6OS. The van der Waals surface area contributed by atoms with Crippen LogP contribution in [0, 0.1) is 12.8 Å². The van der Waals surface area contributed by atoms with Gasteiger partial charge < -0.3 is 25.0 Å². The molecule has 0 unspecified atom stereocenters. The number of hydrogen-bond donors (Lipinski definition) is 2. The average molecular weight is 539 g/mol. The lowest BCUT2D eigenvalue weighted by atomic mass is 10.00. The van der Waals surface area contributed by atoms with Crippen molar-refractivity contribution in [1.82, 2.24) is 14.9 Å². The number of rotatable bonds is 7. The van der Waals surface area contributed by atoms with Crippen LogP contribution in [0.2, 0.25) is 0 Å². The van der Waals surface area contributed by atoms with Crippen molar-refractivity contribution in [2.45, 2.75) is 32.9 Å². The third-order valence-corrected chi connectivity index (χ3v) is 7.41. The second kappa shape index (κ2) is 10.9. The largest absolute Gasteiger partial charge is 0.378 e. The van der Waals surface area contributed by atoms with E-state index in [-0.39, 0.29) is 23.9 Å². The summed E-state index contributed by atoms with van der Waals surface area (Å²) in [7, 11) is 4.08. The van der Waals surface area contributed by atoms with Gasteiger partial charge in [-0.25, -0.2) is 0 Å². The molecule has 7 nitrogen and oxygen atoms in total. The monoisotopic (exact) mass is 538 g/mol. The van der Waals surface area contributed by atoms with E-state index in [9.17, 15) is 4.79 Å². The summed E-state index contributed by atoms with van der Waals surface area (Å²) in [5, 5.41) is 7.21. The Morgan fingerprint density at radius 1 is 1.03 bits per heavy atom. The first-order valence-corrected chi connectivity index (χ1v) is 13.5. The Morgan fingerprint density at radius 2 is 1.77 bits per heavy atom. The van der Waals surface area contributed by atoms with Crippen LogP contribution in [0.1, 0.15) is 42.9 Å². The standard InChI is InChI=1S/C31H34N6OS/c1-20(2)30(38)33-25-16-15-24(19-21(25)3)37-29(28(34-31(37)39)26-9-6-7-17-32-26)27-10-8-18-36(27)23-13-11-22(12-14-23)35(4)5/h6-20,28-29H,1-5H3,(H,33,38)(H,34,39)/t28-,29+/m0/s1. The van der Waals surface area contributed by atoms with Crippen molar-refractivity contribution in [2.24, 2.45) is 5.92 Å². The lowest BCUT2D eigenvalue weighted by molar-refractivity contribution is -0.118. The highest BCUT2D eigenvalue weighted by atomic mass is 32.1. The summed E-state index contributed by atoms with van der Waals surface area (Å²) in [5.41, 5.74) is 6.94. The third kappa shape index (κ3) is 5.25. The lowest BCUT2D eigenvalue weighted by Gasteiger charge is -2.29. The summed E-state index contributed by atoms with van der Waals surface area (Å²) >= 11 is 5.94. The first kappa shape index (κ1) is 26.4. The number of thiocarbonyl (C=S) groups is 1. The number of aryl methyl sites for hydroxylation is 1. The first-order chi connectivity index (χ1) is 18.7. The number of nitrogens with zero attached hydrogens (tertiary/aromatic N) is 4. The molecule has 0 bridgehead atoms. The van der Waals surface area contributed by atoms with E-state index < -0.39 is 0 Å². The van der Waals surface area contributed by atoms with Crippen LogP contribution in [0.4, 0.5) is 17.1 Å². The fourth-order valence-electron chi connectivity index (χ4n) is 4.93. The summed E-state index contributed by atoms with van der Waals surface area (Å²) in [6, 6.07) is 24.4. The Morgan fingerprint density at radius 3 is 2.41 bits per heavy atom. The lowest BCUT2D eigenvalue weighted by Crippen LogP contribution is -2.30. The molecular weight excluding hydrogens is 504 g/mol. The Bertz CT molecular complexity index is 1480. The number of amides is 1. The van der Waals surface area contributed by atoms with E-state index in [4.69, 9.17) is 12.2 Å². The molecule has 0 saturated carbocycles. The molecule has 1 aliphatic heterocycles. The molecule has 4 aromatic rings. The first-order valence-electron chi connectivity index (χ1n) is 13.1. The molecule has 3 heterocycles. The predicted octanol–water partition coefficient (Wildman–Crippen LogP) is 6.02. The van der Waals surface area contributed by atoms with Gasteiger partial charge in [-0.15, -0.1) is 0 Å². The minimum atomic E-state index is -0.161. The minimum absolute atomic E-state index is 0.00425. The second-order valence-electron chi connectivity index (χ2n) is 10.4. The highest BCUT2D eigenvalue weighted by Gasteiger charge is 2.42. The van der Waals surface area contributed by atoms with Crippen molar-refractivity contribution >= 4 is 40.3 Å². The zero-order chi connectivity index (χ0) is 27.7. The van der Waals surface area contributed by atoms with Crippen molar-refractivity contribution < 1.29 is 4.79 Å². The number of anilines is 3. The molecule has 1 saturated heterocycles. The van der Waals surface area contributed by atoms with Crippen LogP contribution in [-0.4, -0.2) is 34.7 Å². The van der Waals surface area contributed by atoms with Crippen LogP contribution in [0.15, 0.2) is 85.2 Å². The smallest absolute Gasteiger partial charge is 0.226 e. The zero-order valence-corrected chi connectivity index (χ0v) is 23.7. The molecule has 0 radical (unpaired) electrons. The van der Waals surface area contributed by atoms with E-state index in [0.717, 1.165) is 39.7 Å². The van der Waals surface area contributed by atoms with Gasteiger partial charge in [0, 0.05) is 60.9 Å². The summed E-state index contributed by atoms with van der Waals surface area (Å²) in [6.45, 7) is 5.78. The van der Waals surface area contributed by atoms with Crippen LogP contribution >= 0.6 is 12.2 Å². The molecule has 1 amide bonds. The SMILES string of the molecule is Cc1cc(N2C(=S)N[C@@H](c3ccccn3)[C@H]2c2cccn2-c2ccc(N(C)C)cc2)ccc1NC(=O)C(C)C. The Hall–Kier alpha value is -4.17. The van der Waals surface area contributed by atoms with E-state index >= 15 is 0 Å². The molecule has 39 heavy (non-hydrogen) atoms. The molecule has 1 aliphatic rings. The fourth-order valence-corrected chi connectivity index (χ4v) is 5.28. The van der Waals surface area contributed by atoms with Gasteiger partial charge in [-0.3, -0.25) is 9.78 Å². The van der Waals surface area contributed by atoms with E-state index in [1.165, 1.54) is 0 Å². The van der Waals surface area contributed by atoms with Crippen molar-refractivity contribution in [3.8, 4) is 5.69 Å². The van der Waals surface area contributed by atoms with Gasteiger partial charge in [0.05, 0.1) is 11.7 Å². The molecule has 1 fully saturated rings. The van der Waals surface area contributed by atoms with Gasteiger partial charge in [0.15, 0.2) is 5.11 Å². The summed E-state index contributed by atoms with van der Waals surface area (Å²) in [4.78, 5) is 21.3. The zero-order valence-electron chi connectivity index (χ0n) is 22.9. The molecule has 0 aliphatic carbocycles. The van der Waals surface area contributed by atoms with Gasteiger partial charge in [-0.2, -0.15) is 0 Å². The average Bonchev–Trinajstić information content (AvgIpc) is 3.54. The van der Waals surface area contributed by atoms with Crippen molar-refractivity contribution in [1.29, 1.82) is 0 Å². The Kier molecular flexibility index (Phi) is 7.39. The van der Waals surface area contributed by atoms with Gasteiger partial charge in [-0.05, 0) is 91.4 Å². The summed E-state index contributed by atoms with van der Waals surface area (Å²) in [6.07, 6.45) is 3.90. The van der Waals surface area contributed by atoms with E-state index in [1.807, 2.05) is 71.4 Å². The number of hydrogen-bond acceptors (Lipinski definition) is 4. The molecule has 2 aromatic heterocycles. The third-order valence-electron chi connectivity index (χ3n) is 7.10. The highest BCUT2D eigenvalue weighted by molar-refractivity contribution is 7.80. The van der Waals surface area contributed by atoms with Gasteiger partial charge in [0.2, 0.25) is 5.91 Å². The maximum Gasteiger partial charge on any atom is 0.226 e. The van der Waals surface area contributed by atoms with Crippen molar-refractivity contribution in [2.75, 3.05) is 29.2 Å². The molecule has 2 aromatic carbocycles. The topological polar surface area (TPSA) is 65.4 Å². The summed E-state index contributed by atoms with van der Waals surface area (Å²) in [5.74, 6) is -0.0991. The molecule has 200 valence electrons. The maximum absolute atomic E-state index is 12.3. The maximum atomic E-state index is 12.3. The Labute approximate surface area is 235 Å². The van der Waals surface area contributed by atoms with Gasteiger partial charge >= 0.3 is 0 Å². The minimum Gasteiger partial charge on any atom is -0.378 e. The normalized spacial score (nSPS) is 16.9. The van der Waals surface area contributed by atoms with Crippen LogP contribution in [0.5, 0.6) is 0 Å². The van der Waals surface area contributed by atoms with Crippen LogP contribution in [0.3, 0.4) is 0 Å². The molecule has 2 atom stereocenters. The molecule has 8 heteroatoms. The molecule has 5 rings (SSSR count). The number of benzene rings is 2. The van der Waals surface area contributed by atoms with Gasteiger partial charge in [-0.1, -0.05) is 19.9 Å². The van der Waals surface area contributed by atoms with Crippen LogP contribution in [-0.2, 0) is 4.79 Å². The quantitative estimate of drug-likeness (QED) is 0.281. The number of carbonyl (C=O) groups is 1. The molecule has 0 spiro atoms. The second-order valence-corrected chi connectivity index (χ2v) is 10.7. The number of nitrogens with one attached hydrogen (secondary N) is 2. The predicted molar refractivity (Wildman–Crippen MR) is 163 cm³/mol. The van der Waals surface area contributed by atoms with Gasteiger partial charge in [0.1, 0.15) is 6.04 Å². The highest BCUT2D eigenvalue weighted by Crippen LogP contribution is 2.43. The summed E-state index contributed by atoms with van der Waals surface area (Å²) < 4.78 is 2.22. The fraction of sp³-hybridized carbons (Fsp3) is 0.258. The Balaban J connectivity index is 1.58. The molecule has 2 N–H and O–H groups in total. The van der Waals surface area contributed by atoms with E-state index in [0.29, 0.717) is 5.11 Å². The number of aromatic nitrogens is 2.